The molecule has 1 aliphatic rings. The van der Waals surface area contributed by atoms with Crippen LogP contribution in [0.3, 0.4) is 0 Å². The Kier molecular flexibility index (Phi) is 14.8. The molecule has 3 rings (SSSR count). The molecule has 45 heavy (non-hydrogen) atoms. The SMILES string of the molecule is C=CCOCCN(CC/C=C\C)c1cc(C(=O)NC2(C(=O)Nc3ccc(/C=C/C=O)cc3)CCN(C)CC2)ccc1CCCC. The number of hydrogen-bond acceptors (Lipinski definition) is 6. The minimum absolute atomic E-state index is 0.229. The van der Waals surface area contributed by atoms with Gasteiger partial charge in [-0.15, -0.1) is 6.58 Å². The summed E-state index contributed by atoms with van der Waals surface area (Å²) in [5.74, 6) is -0.490. The lowest BCUT2D eigenvalue weighted by Gasteiger charge is -2.40. The number of carbonyl (C=O) groups excluding carboxylic acids is 3. The Morgan fingerprint density at radius 2 is 1.87 bits per heavy atom. The number of nitrogens with zero attached hydrogens (tertiary/aromatic N) is 2. The Morgan fingerprint density at radius 3 is 2.53 bits per heavy atom. The van der Waals surface area contributed by atoms with E-state index in [1.54, 1.807) is 24.3 Å². The average Bonchev–Trinajstić information content (AvgIpc) is 3.05. The minimum Gasteiger partial charge on any atom is -0.376 e. The molecule has 0 aliphatic carbocycles. The summed E-state index contributed by atoms with van der Waals surface area (Å²) < 4.78 is 5.74. The number of aryl methyl sites for hydroxylation is 1. The van der Waals surface area contributed by atoms with E-state index in [1.807, 2.05) is 38.2 Å². The lowest BCUT2D eigenvalue weighted by molar-refractivity contribution is -0.123. The number of aldehydes is 1. The zero-order chi connectivity index (χ0) is 32.5. The van der Waals surface area contributed by atoms with Crippen molar-refractivity contribution in [2.24, 2.45) is 0 Å². The highest BCUT2D eigenvalue weighted by atomic mass is 16.5. The molecule has 8 heteroatoms. The number of benzene rings is 2. The molecule has 0 aromatic heterocycles. The van der Waals surface area contributed by atoms with Gasteiger partial charge in [0.25, 0.3) is 5.91 Å². The minimum atomic E-state index is -1.05. The van der Waals surface area contributed by atoms with Gasteiger partial charge >= 0.3 is 0 Å². The number of hydrogen-bond donors (Lipinski definition) is 2. The van der Waals surface area contributed by atoms with Crippen LogP contribution in [-0.2, 0) is 20.7 Å². The Bertz CT molecular complexity index is 1310. The summed E-state index contributed by atoms with van der Waals surface area (Å²) in [5.41, 5.74) is 3.21. The van der Waals surface area contributed by atoms with Gasteiger partial charge < -0.3 is 25.2 Å². The van der Waals surface area contributed by atoms with Crippen LogP contribution in [0.4, 0.5) is 11.4 Å². The van der Waals surface area contributed by atoms with Crippen molar-refractivity contribution in [2.75, 3.05) is 56.7 Å². The fraction of sp³-hybridized carbons (Fsp3) is 0.432. The predicted molar refractivity (Wildman–Crippen MR) is 185 cm³/mol. The number of likely N-dealkylation sites (tertiary alicyclic amines) is 1. The summed E-state index contributed by atoms with van der Waals surface area (Å²) in [6, 6.07) is 13.2. The van der Waals surface area contributed by atoms with Gasteiger partial charge in [-0.3, -0.25) is 14.4 Å². The Morgan fingerprint density at radius 1 is 1.11 bits per heavy atom. The lowest BCUT2D eigenvalue weighted by Crippen LogP contribution is -2.61. The average molecular weight is 615 g/mol. The molecule has 1 heterocycles. The summed E-state index contributed by atoms with van der Waals surface area (Å²) >= 11 is 0. The number of anilines is 2. The molecule has 1 saturated heterocycles. The first-order chi connectivity index (χ1) is 21.9. The van der Waals surface area contributed by atoms with E-state index >= 15 is 0 Å². The number of ether oxygens (including phenoxy) is 1. The molecule has 8 nitrogen and oxygen atoms in total. The lowest BCUT2D eigenvalue weighted by atomic mass is 9.86. The number of amides is 2. The Hall–Kier alpha value is -4.01. The molecule has 2 N–H and O–H groups in total. The molecular formula is C37H50N4O4. The number of allylic oxidation sites excluding steroid dienone is 2. The normalized spacial score (nSPS) is 14.8. The van der Waals surface area contributed by atoms with Gasteiger partial charge in [0.05, 0.1) is 13.2 Å². The molecule has 0 saturated carbocycles. The summed E-state index contributed by atoms with van der Waals surface area (Å²) in [5, 5.41) is 6.21. The van der Waals surface area contributed by atoms with Crippen LogP contribution in [0.5, 0.6) is 0 Å². The molecule has 1 aliphatic heterocycles. The second-order valence-electron chi connectivity index (χ2n) is 11.6. The van der Waals surface area contributed by atoms with E-state index < -0.39 is 5.54 Å². The monoisotopic (exact) mass is 614 g/mol. The number of carbonyl (C=O) groups is 3. The third-order valence-electron chi connectivity index (χ3n) is 8.19. The maximum Gasteiger partial charge on any atom is 0.252 e. The van der Waals surface area contributed by atoms with Crippen molar-refractivity contribution in [1.29, 1.82) is 0 Å². The molecule has 0 unspecified atom stereocenters. The molecule has 0 bridgehead atoms. The summed E-state index contributed by atoms with van der Waals surface area (Å²) in [7, 11) is 2.03. The van der Waals surface area contributed by atoms with Crippen LogP contribution in [-0.4, -0.2) is 75.0 Å². The molecular weight excluding hydrogens is 564 g/mol. The molecule has 0 radical (unpaired) electrons. The molecule has 2 aromatic carbocycles. The van der Waals surface area contributed by atoms with E-state index in [4.69, 9.17) is 4.74 Å². The maximum absolute atomic E-state index is 14.0. The molecule has 2 aromatic rings. The van der Waals surface area contributed by atoms with Crippen LogP contribution in [0.25, 0.3) is 6.08 Å². The largest absolute Gasteiger partial charge is 0.376 e. The van der Waals surface area contributed by atoms with Crippen molar-refractivity contribution in [3.8, 4) is 0 Å². The summed E-state index contributed by atoms with van der Waals surface area (Å²) in [4.78, 5) is 42.9. The number of rotatable bonds is 18. The second kappa shape index (κ2) is 18.7. The van der Waals surface area contributed by atoms with E-state index in [1.165, 1.54) is 11.6 Å². The smallest absolute Gasteiger partial charge is 0.252 e. The molecule has 0 spiro atoms. The number of unbranched alkanes of at least 4 members (excludes halogenated alkanes) is 1. The Balaban J connectivity index is 1.88. The number of nitrogens with one attached hydrogen (secondary N) is 2. The first kappa shape index (κ1) is 35.5. The van der Waals surface area contributed by atoms with E-state index in [9.17, 15) is 14.4 Å². The van der Waals surface area contributed by atoms with Gasteiger partial charge in [0.1, 0.15) is 11.8 Å². The summed E-state index contributed by atoms with van der Waals surface area (Å²) in [6.07, 6.45) is 14.7. The van der Waals surface area contributed by atoms with Crippen LogP contribution >= 0.6 is 0 Å². The standard InChI is InChI=1S/C37H50N4O4/c1-5-8-10-22-41(25-28-45-27-7-3)34-29-32(17-16-31(34)13-9-6-2)35(43)39-37(20-23-40(4)24-21-37)36(44)38-33-18-14-30(15-19-33)12-11-26-42/h5,7-8,11-12,14-19,26,29H,3,6,9-10,13,20-25,27-28H2,1-2,4H3,(H,38,44)(H,39,43)/b8-5-,12-11+. The molecule has 242 valence electrons. The zero-order valence-electron chi connectivity index (χ0n) is 27.2. The van der Waals surface area contributed by atoms with Crippen molar-refractivity contribution in [1.82, 2.24) is 10.2 Å². The van der Waals surface area contributed by atoms with Crippen LogP contribution in [0.15, 0.2) is 73.3 Å². The van der Waals surface area contributed by atoms with E-state index in [-0.39, 0.29) is 11.8 Å². The fourth-order valence-electron chi connectivity index (χ4n) is 5.45. The quantitative estimate of drug-likeness (QED) is 0.0920. The zero-order valence-corrected chi connectivity index (χ0v) is 27.2. The van der Waals surface area contributed by atoms with Crippen molar-refractivity contribution < 1.29 is 19.1 Å². The van der Waals surface area contributed by atoms with Gasteiger partial charge in [0.2, 0.25) is 5.91 Å². The first-order valence-electron chi connectivity index (χ1n) is 16.1. The highest BCUT2D eigenvalue weighted by Gasteiger charge is 2.42. The molecule has 0 atom stereocenters. The highest BCUT2D eigenvalue weighted by Crippen LogP contribution is 2.28. The van der Waals surface area contributed by atoms with Gasteiger partial charge in [0, 0.05) is 43.1 Å². The van der Waals surface area contributed by atoms with Gasteiger partial charge in [0.15, 0.2) is 0 Å². The predicted octanol–water partition coefficient (Wildman–Crippen LogP) is 6.05. The van der Waals surface area contributed by atoms with Gasteiger partial charge in [-0.05, 0) is 87.5 Å². The third-order valence-corrected chi connectivity index (χ3v) is 8.19. The van der Waals surface area contributed by atoms with Crippen LogP contribution in [0.2, 0.25) is 0 Å². The third kappa shape index (κ3) is 10.8. The van der Waals surface area contributed by atoms with Crippen molar-refractivity contribution in [2.45, 2.75) is 57.9 Å². The van der Waals surface area contributed by atoms with Crippen molar-refractivity contribution in [3.63, 3.8) is 0 Å². The van der Waals surface area contributed by atoms with E-state index in [0.29, 0.717) is 56.9 Å². The molecule has 2 amide bonds. The fourth-order valence-corrected chi connectivity index (χ4v) is 5.45. The second-order valence-corrected chi connectivity index (χ2v) is 11.6. The Labute approximate surface area is 269 Å². The van der Waals surface area contributed by atoms with E-state index in [2.05, 4.69) is 52.2 Å². The van der Waals surface area contributed by atoms with Gasteiger partial charge in [-0.25, -0.2) is 0 Å². The van der Waals surface area contributed by atoms with Crippen LogP contribution in [0, 0.1) is 0 Å². The topological polar surface area (TPSA) is 91.0 Å². The van der Waals surface area contributed by atoms with Crippen LogP contribution < -0.4 is 15.5 Å². The van der Waals surface area contributed by atoms with Crippen LogP contribution in [0.1, 0.15) is 67.4 Å². The van der Waals surface area contributed by atoms with Crippen molar-refractivity contribution >= 4 is 35.6 Å². The van der Waals surface area contributed by atoms with Gasteiger partial charge in [-0.1, -0.05) is 55.8 Å². The highest BCUT2D eigenvalue weighted by molar-refractivity contribution is 6.04. The first-order valence-corrected chi connectivity index (χ1v) is 16.1. The maximum atomic E-state index is 14.0. The summed E-state index contributed by atoms with van der Waals surface area (Å²) in [6.45, 7) is 11.9. The van der Waals surface area contributed by atoms with E-state index in [0.717, 1.165) is 49.8 Å². The molecule has 1 fully saturated rings. The number of piperidine rings is 1. The van der Waals surface area contributed by atoms with Gasteiger partial charge in [-0.2, -0.15) is 0 Å². The van der Waals surface area contributed by atoms with Crippen molar-refractivity contribution in [3.05, 3.63) is 90.0 Å².